The summed E-state index contributed by atoms with van der Waals surface area (Å²) in [5.41, 5.74) is 2.19. The van der Waals surface area contributed by atoms with E-state index in [-0.39, 0.29) is 5.82 Å². The summed E-state index contributed by atoms with van der Waals surface area (Å²) >= 11 is 0. The van der Waals surface area contributed by atoms with Crippen molar-refractivity contribution in [2.24, 2.45) is 0 Å². The third-order valence-corrected chi connectivity index (χ3v) is 2.66. The molecule has 0 spiro atoms. The summed E-state index contributed by atoms with van der Waals surface area (Å²) in [5.74, 6) is -0.155. The quantitative estimate of drug-likeness (QED) is 0.694. The maximum atomic E-state index is 13.0. The lowest BCUT2D eigenvalue weighted by molar-refractivity contribution is 0.596. The summed E-state index contributed by atoms with van der Waals surface area (Å²) in [4.78, 5) is 0. The number of hydrogen-bond acceptors (Lipinski definition) is 2. The fourth-order valence-corrected chi connectivity index (χ4v) is 1.61. The van der Waals surface area contributed by atoms with Gasteiger partial charge < -0.3 is 10.6 Å². The Bertz CT molecular complexity index is 313. The average Bonchev–Trinajstić information content (AvgIpc) is 2.28. The molecule has 0 aliphatic heterocycles. The van der Waals surface area contributed by atoms with E-state index >= 15 is 0 Å². The highest BCUT2D eigenvalue weighted by Crippen LogP contribution is 2.09. The molecule has 1 rings (SSSR count). The van der Waals surface area contributed by atoms with E-state index in [1.165, 1.54) is 12.5 Å². The number of halogens is 1. The first kappa shape index (κ1) is 13.1. The predicted molar refractivity (Wildman–Crippen MR) is 66.0 cm³/mol. The minimum Gasteiger partial charge on any atom is -0.320 e. The second kappa shape index (κ2) is 7.36. The van der Waals surface area contributed by atoms with Crippen molar-refractivity contribution in [1.82, 2.24) is 10.6 Å². The molecule has 3 heteroatoms. The first-order chi connectivity index (χ1) is 7.74. The molecule has 2 nitrogen and oxygen atoms in total. The van der Waals surface area contributed by atoms with E-state index in [9.17, 15) is 4.39 Å². The van der Waals surface area contributed by atoms with Gasteiger partial charge in [0.15, 0.2) is 0 Å². The summed E-state index contributed by atoms with van der Waals surface area (Å²) in [6.45, 7) is 4.80. The summed E-state index contributed by atoms with van der Waals surface area (Å²) in [7, 11) is 1.96. The Labute approximate surface area is 97.3 Å². The van der Waals surface area contributed by atoms with Gasteiger partial charge in [-0.15, -0.1) is 0 Å². The van der Waals surface area contributed by atoms with E-state index in [0.717, 1.165) is 37.2 Å². The summed E-state index contributed by atoms with van der Waals surface area (Å²) < 4.78 is 13.0. The van der Waals surface area contributed by atoms with Crippen molar-refractivity contribution in [3.63, 3.8) is 0 Å². The standard InChI is InChI=1S/C13H21FN2/c1-11-5-6-13(14)9-12(11)10-16-8-4-3-7-15-2/h5-6,9,15-16H,3-4,7-8,10H2,1-2H3. The van der Waals surface area contributed by atoms with Gasteiger partial charge in [-0.25, -0.2) is 4.39 Å². The fraction of sp³-hybridized carbons (Fsp3) is 0.538. The fourth-order valence-electron chi connectivity index (χ4n) is 1.61. The highest BCUT2D eigenvalue weighted by Gasteiger charge is 1.99. The molecule has 0 bridgehead atoms. The van der Waals surface area contributed by atoms with Gasteiger partial charge in [-0.3, -0.25) is 0 Å². The van der Waals surface area contributed by atoms with Gasteiger partial charge in [-0.1, -0.05) is 6.07 Å². The zero-order valence-electron chi connectivity index (χ0n) is 10.1. The molecule has 0 atom stereocenters. The van der Waals surface area contributed by atoms with Crippen molar-refractivity contribution in [3.05, 3.63) is 35.1 Å². The van der Waals surface area contributed by atoms with E-state index in [1.54, 1.807) is 6.07 Å². The van der Waals surface area contributed by atoms with Crippen LogP contribution in [0.2, 0.25) is 0 Å². The zero-order valence-corrected chi connectivity index (χ0v) is 10.1. The summed E-state index contributed by atoms with van der Waals surface area (Å²) in [6, 6.07) is 4.94. The Hall–Kier alpha value is -0.930. The molecule has 1 aromatic rings. The molecule has 0 saturated heterocycles. The SMILES string of the molecule is CNCCCCNCc1cc(F)ccc1C. The second-order valence-corrected chi connectivity index (χ2v) is 4.06. The second-order valence-electron chi connectivity index (χ2n) is 4.06. The molecule has 0 aliphatic rings. The van der Waals surface area contributed by atoms with Gasteiger partial charge in [0.25, 0.3) is 0 Å². The van der Waals surface area contributed by atoms with Gasteiger partial charge in [0.2, 0.25) is 0 Å². The smallest absolute Gasteiger partial charge is 0.123 e. The first-order valence-corrected chi connectivity index (χ1v) is 5.84. The van der Waals surface area contributed by atoms with Crippen LogP contribution in [0.25, 0.3) is 0 Å². The van der Waals surface area contributed by atoms with Crippen molar-refractivity contribution in [2.75, 3.05) is 20.1 Å². The van der Waals surface area contributed by atoms with Crippen LogP contribution < -0.4 is 10.6 Å². The van der Waals surface area contributed by atoms with Gasteiger partial charge in [-0.2, -0.15) is 0 Å². The van der Waals surface area contributed by atoms with Crippen LogP contribution in [0.15, 0.2) is 18.2 Å². The van der Waals surface area contributed by atoms with E-state index in [2.05, 4.69) is 10.6 Å². The number of aryl methyl sites for hydroxylation is 1. The lowest BCUT2D eigenvalue weighted by Gasteiger charge is -2.07. The lowest BCUT2D eigenvalue weighted by Crippen LogP contribution is -2.17. The molecule has 16 heavy (non-hydrogen) atoms. The van der Waals surface area contributed by atoms with Crippen molar-refractivity contribution in [3.8, 4) is 0 Å². The minimum atomic E-state index is -0.155. The van der Waals surface area contributed by atoms with Crippen LogP contribution >= 0.6 is 0 Å². The lowest BCUT2D eigenvalue weighted by atomic mass is 10.1. The third-order valence-electron chi connectivity index (χ3n) is 2.66. The Balaban J connectivity index is 2.23. The molecular weight excluding hydrogens is 203 g/mol. The molecule has 0 saturated carbocycles. The zero-order chi connectivity index (χ0) is 11.8. The van der Waals surface area contributed by atoms with E-state index in [1.807, 2.05) is 20.0 Å². The largest absolute Gasteiger partial charge is 0.320 e. The van der Waals surface area contributed by atoms with Gasteiger partial charge in [0, 0.05) is 6.54 Å². The van der Waals surface area contributed by atoms with Crippen molar-refractivity contribution in [2.45, 2.75) is 26.3 Å². The highest BCUT2D eigenvalue weighted by molar-refractivity contribution is 5.26. The minimum absolute atomic E-state index is 0.155. The molecule has 1 aromatic carbocycles. The predicted octanol–water partition coefficient (Wildman–Crippen LogP) is 2.22. The maximum Gasteiger partial charge on any atom is 0.123 e. The topological polar surface area (TPSA) is 24.1 Å². The molecular formula is C13H21FN2. The third kappa shape index (κ3) is 4.73. The van der Waals surface area contributed by atoms with Gasteiger partial charge in [-0.05, 0) is 63.2 Å². The molecule has 0 amide bonds. The Morgan fingerprint density at radius 1 is 1.19 bits per heavy atom. The summed E-state index contributed by atoms with van der Waals surface area (Å²) in [5, 5.41) is 6.45. The molecule has 0 aromatic heterocycles. The van der Waals surface area contributed by atoms with Gasteiger partial charge >= 0.3 is 0 Å². The van der Waals surface area contributed by atoms with Crippen LogP contribution in [0, 0.1) is 12.7 Å². The Morgan fingerprint density at radius 3 is 2.69 bits per heavy atom. The molecule has 0 unspecified atom stereocenters. The number of nitrogens with one attached hydrogen (secondary N) is 2. The monoisotopic (exact) mass is 224 g/mol. The molecule has 90 valence electrons. The molecule has 2 N–H and O–H groups in total. The van der Waals surface area contributed by atoms with Crippen LogP contribution in [-0.2, 0) is 6.54 Å². The Kier molecular flexibility index (Phi) is 6.04. The Morgan fingerprint density at radius 2 is 1.94 bits per heavy atom. The van der Waals surface area contributed by atoms with Crippen molar-refractivity contribution < 1.29 is 4.39 Å². The van der Waals surface area contributed by atoms with E-state index < -0.39 is 0 Å². The van der Waals surface area contributed by atoms with Crippen LogP contribution in [0.3, 0.4) is 0 Å². The number of unbranched alkanes of at least 4 members (excludes halogenated alkanes) is 1. The number of benzene rings is 1. The van der Waals surface area contributed by atoms with Crippen molar-refractivity contribution in [1.29, 1.82) is 0 Å². The van der Waals surface area contributed by atoms with Crippen molar-refractivity contribution >= 4 is 0 Å². The van der Waals surface area contributed by atoms with Crippen LogP contribution in [0.4, 0.5) is 4.39 Å². The van der Waals surface area contributed by atoms with Gasteiger partial charge in [0.1, 0.15) is 5.82 Å². The average molecular weight is 224 g/mol. The van der Waals surface area contributed by atoms with Crippen LogP contribution in [0.1, 0.15) is 24.0 Å². The van der Waals surface area contributed by atoms with Crippen LogP contribution in [0.5, 0.6) is 0 Å². The molecule has 0 fully saturated rings. The highest BCUT2D eigenvalue weighted by atomic mass is 19.1. The maximum absolute atomic E-state index is 13.0. The first-order valence-electron chi connectivity index (χ1n) is 5.84. The van der Waals surface area contributed by atoms with Crippen LogP contribution in [-0.4, -0.2) is 20.1 Å². The van der Waals surface area contributed by atoms with Gasteiger partial charge in [0.05, 0.1) is 0 Å². The number of hydrogen-bond donors (Lipinski definition) is 2. The molecule has 0 radical (unpaired) electrons. The molecule has 0 heterocycles. The normalized spacial score (nSPS) is 10.7. The van der Waals surface area contributed by atoms with E-state index in [0.29, 0.717) is 0 Å². The number of rotatable bonds is 7. The molecule has 0 aliphatic carbocycles. The summed E-state index contributed by atoms with van der Waals surface area (Å²) in [6.07, 6.45) is 2.32. The van der Waals surface area contributed by atoms with E-state index in [4.69, 9.17) is 0 Å².